The maximum absolute atomic E-state index is 13.2. The topological polar surface area (TPSA) is 100 Å². The summed E-state index contributed by atoms with van der Waals surface area (Å²) in [5.41, 5.74) is 4.71. The van der Waals surface area contributed by atoms with Gasteiger partial charge in [0.25, 0.3) is 16.0 Å². The zero-order valence-electron chi connectivity index (χ0n) is 25.6. The molecule has 1 unspecified atom stereocenters. The number of guanidine groups is 1. The highest BCUT2D eigenvalue weighted by Crippen LogP contribution is 2.32. The van der Waals surface area contributed by atoms with Crippen LogP contribution in [0.3, 0.4) is 0 Å². The lowest BCUT2D eigenvalue weighted by atomic mass is 9.91. The summed E-state index contributed by atoms with van der Waals surface area (Å²) in [6.07, 6.45) is -4.74. The van der Waals surface area contributed by atoms with Gasteiger partial charge in [-0.3, -0.25) is 0 Å². The van der Waals surface area contributed by atoms with E-state index in [2.05, 4.69) is 14.5 Å². The van der Waals surface area contributed by atoms with Crippen LogP contribution < -0.4 is 5.73 Å². The van der Waals surface area contributed by atoms with Gasteiger partial charge in [-0.15, -0.1) is 4.40 Å². The Morgan fingerprint density at radius 3 is 2.38 bits per heavy atom. The molecule has 3 aromatic carbocycles. The van der Waals surface area contributed by atoms with Crippen molar-refractivity contribution in [1.82, 2.24) is 5.01 Å². The standard InChI is InChI=1S/C25H21ClF3N5O2S/c1-16(30)31-24(33-37(35,36)21-13-9-19(10-14-21)25(27,28)29)34-15-22(17-5-3-2-4-6-17)23(32-34)18-7-11-20(26)12-8-18/h2-14,22H,15H2,1H3,(H2,30,31,33)/i1D3,7D,8D,11D,12D. The number of amidine groups is 1. The van der Waals surface area contributed by atoms with E-state index in [9.17, 15) is 21.6 Å². The number of hydrogen-bond donors (Lipinski definition) is 1. The van der Waals surface area contributed by atoms with Crippen LogP contribution in [0.1, 0.15) is 39.1 Å². The molecule has 4 rings (SSSR count). The van der Waals surface area contributed by atoms with Crippen molar-refractivity contribution in [3.63, 3.8) is 0 Å². The molecule has 1 aliphatic heterocycles. The molecule has 2 N–H and O–H groups in total. The Kier molecular flexibility index (Phi) is 5.18. The Bertz CT molecular complexity index is 1770. The molecule has 12 heteroatoms. The average Bonchev–Trinajstić information content (AvgIpc) is 3.39. The third kappa shape index (κ3) is 6.17. The normalized spacial score (nSPS) is 20.2. The van der Waals surface area contributed by atoms with Gasteiger partial charge in [0.15, 0.2) is 0 Å². The number of benzene rings is 3. The summed E-state index contributed by atoms with van der Waals surface area (Å²) in [6, 6.07) is 8.55. The van der Waals surface area contributed by atoms with Gasteiger partial charge < -0.3 is 5.73 Å². The number of nitrogens with zero attached hydrogens (tertiary/aromatic N) is 4. The Balaban J connectivity index is 1.94. The van der Waals surface area contributed by atoms with Crippen molar-refractivity contribution < 1.29 is 31.2 Å². The van der Waals surface area contributed by atoms with E-state index >= 15 is 0 Å². The quantitative estimate of drug-likeness (QED) is 0.350. The molecule has 3 aromatic rings. The zero-order chi connectivity index (χ0) is 32.8. The lowest BCUT2D eigenvalue weighted by molar-refractivity contribution is -0.137. The molecule has 0 spiro atoms. The first-order valence-corrected chi connectivity index (χ1v) is 12.2. The van der Waals surface area contributed by atoms with Gasteiger partial charge in [0, 0.05) is 15.1 Å². The van der Waals surface area contributed by atoms with E-state index in [0.29, 0.717) is 29.8 Å². The molecular formula is C25H21ClF3N5O2S. The van der Waals surface area contributed by atoms with Crippen molar-refractivity contribution in [2.24, 2.45) is 20.2 Å². The van der Waals surface area contributed by atoms with E-state index < -0.39 is 80.4 Å². The fraction of sp³-hybridized carbons (Fsp3) is 0.160. The van der Waals surface area contributed by atoms with Gasteiger partial charge in [0.1, 0.15) is 0 Å². The average molecular weight is 555 g/mol. The molecule has 0 radical (unpaired) electrons. The van der Waals surface area contributed by atoms with Crippen molar-refractivity contribution in [1.29, 1.82) is 0 Å². The molecule has 1 atom stereocenters. The first-order chi connectivity index (χ1) is 20.3. The Labute approximate surface area is 226 Å². The van der Waals surface area contributed by atoms with Gasteiger partial charge in [0.2, 0.25) is 0 Å². The monoisotopic (exact) mass is 554 g/mol. The maximum Gasteiger partial charge on any atom is 0.416 e. The Morgan fingerprint density at radius 2 is 1.78 bits per heavy atom. The van der Waals surface area contributed by atoms with Crippen molar-refractivity contribution >= 4 is 39.1 Å². The molecule has 0 aromatic heterocycles. The molecule has 1 heterocycles. The molecular weight excluding hydrogens is 527 g/mol. The van der Waals surface area contributed by atoms with E-state index in [-0.39, 0.29) is 17.8 Å². The maximum atomic E-state index is 13.2. The van der Waals surface area contributed by atoms with Crippen LogP contribution in [0.15, 0.2) is 98.2 Å². The zero-order valence-corrected chi connectivity index (χ0v) is 20.2. The summed E-state index contributed by atoms with van der Waals surface area (Å²) in [7, 11) is -4.84. The third-order valence-electron chi connectivity index (χ3n) is 5.10. The number of nitrogens with two attached hydrogens (primary N) is 1. The number of aliphatic imine (C=N–C) groups is 1. The fourth-order valence-electron chi connectivity index (χ4n) is 3.43. The minimum atomic E-state index is -4.84. The van der Waals surface area contributed by atoms with Gasteiger partial charge in [0.05, 0.1) is 34.0 Å². The SMILES string of the molecule is [2H]c1c([2H])c(C2=NN(C(=NS(=O)(=O)c3ccc(C(F)(F)F)cc3)N=C(N)C([2H])([2H])[2H])CC2c2ccccc2)c([2H])c([2H])c1Cl. The number of sulfonamides is 1. The number of hydrogen-bond acceptors (Lipinski definition) is 3. The smallest absolute Gasteiger partial charge is 0.387 e. The van der Waals surface area contributed by atoms with Crippen LogP contribution >= 0.6 is 11.6 Å². The van der Waals surface area contributed by atoms with Crippen LogP contribution in [0, 0.1) is 0 Å². The summed E-state index contributed by atoms with van der Waals surface area (Å²) in [4.78, 5) is 3.03. The molecule has 0 fully saturated rings. The minimum Gasteiger partial charge on any atom is -0.387 e. The lowest BCUT2D eigenvalue weighted by Crippen LogP contribution is -2.27. The predicted molar refractivity (Wildman–Crippen MR) is 137 cm³/mol. The van der Waals surface area contributed by atoms with Crippen LogP contribution in [-0.4, -0.2) is 37.5 Å². The van der Waals surface area contributed by atoms with Gasteiger partial charge in [-0.05, 0) is 54.3 Å². The fourth-order valence-corrected chi connectivity index (χ4v) is 4.46. The molecule has 7 nitrogen and oxygen atoms in total. The molecule has 1 aliphatic rings. The van der Waals surface area contributed by atoms with Gasteiger partial charge in [-0.1, -0.05) is 54.0 Å². The van der Waals surface area contributed by atoms with Gasteiger partial charge in [-0.2, -0.15) is 31.7 Å². The van der Waals surface area contributed by atoms with Crippen molar-refractivity contribution in [3.05, 3.63) is 100 Å². The molecule has 37 heavy (non-hydrogen) atoms. The van der Waals surface area contributed by atoms with E-state index in [0.717, 1.165) is 5.01 Å². The molecule has 0 saturated heterocycles. The molecule has 192 valence electrons. The lowest BCUT2D eigenvalue weighted by Gasteiger charge is -2.16. The van der Waals surface area contributed by atoms with Crippen molar-refractivity contribution in [2.45, 2.75) is 23.8 Å². The van der Waals surface area contributed by atoms with E-state index in [4.69, 9.17) is 26.9 Å². The minimum absolute atomic E-state index is 0.0767. The molecule has 0 aliphatic carbocycles. The van der Waals surface area contributed by atoms with Gasteiger partial charge in [-0.25, -0.2) is 5.01 Å². The summed E-state index contributed by atoms with van der Waals surface area (Å²) in [5.74, 6) is -2.76. The molecule has 0 bridgehead atoms. The van der Waals surface area contributed by atoms with E-state index in [1.165, 1.54) is 0 Å². The second-order valence-electron chi connectivity index (χ2n) is 7.61. The third-order valence-corrected chi connectivity index (χ3v) is 6.56. The first kappa shape index (κ1) is 18.5. The van der Waals surface area contributed by atoms with Crippen molar-refractivity contribution in [3.8, 4) is 0 Å². The molecule has 0 amide bonds. The van der Waals surface area contributed by atoms with Crippen molar-refractivity contribution in [2.75, 3.05) is 6.54 Å². The second-order valence-corrected chi connectivity index (χ2v) is 9.59. The van der Waals surface area contributed by atoms with Crippen LogP contribution in [0.5, 0.6) is 0 Å². The summed E-state index contributed by atoms with van der Waals surface area (Å²) in [5, 5.41) is 4.74. The van der Waals surface area contributed by atoms with E-state index in [1.807, 2.05) is 0 Å². The Morgan fingerprint density at radius 1 is 1.14 bits per heavy atom. The number of hydrazone groups is 1. The highest BCUT2D eigenvalue weighted by atomic mass is 35.5. The van der Waals surface area contributed by atoms with Crippen LogP contribution in [-0.2, 0) is 16.2 Å². The largest absolute Gasteiger partial charge is 0.416 e. The predicted octanol–water partition coefficient (Wildman–Crippen LogP) is 5.28. The first-order valence-electron chi connectivity index (χ1n) is 13.9. The van der Waals surface area contributed by atoms with E-state index in [1.54, 1.807) is 30.3 Å². The van der Waals surface area contributed by atoms with Gasteiger partial charge >= 0.3 is 6.18 Å². The van der Waals surface area contributed by atoms with Crippen LogP contribution in [0.2, 0.25) is 5.02 Å². The summed E-state index contributed by atoms with van der Waals surface area (Å²) < 4.78 is 125. The summed E-state index contributed by atoms with van der Waals surface area (Å²) >= 11 is 5.97. The number of rotatable bonds is 4. The number of alkyl halides is 3. The highest BCUT2D eigenvalue weighted by Gasteiger charge is 2.33. The number of halogens is 4. The molecule has 0 saturated carbocycles. The second kappa shape index (κ2) is 10.3. The summed E-state index contributed by atoms with van der Waals surface area (Å²) in [6.45, 7) is -3.30. The van der Waals surface area contributed by atoms with Crippen LogP contribution in [0.25, 0.3) is 0 Å². The van der Waals surface area contributed by atoms with Crippen LogP contribution in [0.4, 0.5) is 13.2 Å². The Hall–Kier alpha value is -3.70. The highest BCUT2D eigenvalue weighted by molar-refractivity contribution is 7.90.